The van der Waals surface area contributed by atoms with Crippen molar-refractivity contribution in [1.29, 1.82) is 0 Å². The standard InChI is InChI=1S/C30H35N3O5S/c1-19-15-20(2)25(21(3)16-19)12-13-28-29(23(5)31-38-28)39(35,36)32-14-8-9-24(18-32)30(34)33-17-22(4)37-27-11-7-6-10-26(27)33/h6-7,10-13,15-16,22,24H,8-9,14,17-18H2,1-5H3/b13-12+/t22-,24+/m0/s1. The third kappa shape index (κ3) is 5.25. The smallest absolute Gasteiger partial charge is 0.248 e. The SMILES string of the molecule is Cc1cc(C)c(/C=C/c2onc(C)c2S(=O)(=O)N2CCC[C@@H](C(=O)N3C[C@H](C)Oc4ccccc43)C2)c(C)c1. The van der Waals surface area contributed by atoms with E-state index in [-0.39, 0.29) is 29.2 Å². The van der Waals surface area contributed by atoms with Gasteiger partial charge in [0.05, 0.1) is 18.2 Å². The van der Waals surface area contributed by atoms with Crippen LogP contribution in [-0.4, -0.2) is 49.5 Å². The molecule has 1 aromatic heterocycles. The third-order valence-electron chi connectivity index (χ3n) is 7.49. The first kappa shape index (κ1) is 27.1. The summed E-state index contributed by atoms with van der Waals surface area (Å²) in [5.74, 6) is 0.325. The molecule has 0 spiro atoms. The molecule has 5 rings (SSSR count). The van der Waals surface area contributed by atoms with Crippen LogP contribution in [-0.2, 0) is 14.8 Å². The quantitative estimate of drug-likeness (QED) is 0.429. The minimum absolute atomic E-state index is 0.0552. The summed E-state index contributed by atoms with van der Waals surface area (Å²) in [6.07, 6.45) is 4.62. The average molecular weight is 550 g/mol. The monoisotopic (exact) mass is 549 g/mol. The Morgan fingerprint density at radius 3 is 2.51 bits per heavy atom. The number of fused-ring (bicyclic) bond motifs is 1. The summed E-state index contributed by atoms with van der Waals surface area (Å²) in [5.41, 5.74) is 5.41. The number of ether oxygens (including phenoxy) is 1. The Hall–Kier alpha value is -3.43. The number of carbonyl (C=O) groups is 1. The first-order valence-electron chi connectivity index (χ1n) is 13.4. The lowest BCUT2D eigenvalue weighted by molar-refractivity contribution is -0.123. The molecule has 8 nitrogen and oxygen atoms in total. The summed E-state index contributed by atoms with van der Waals surface area (Å²) >= 11 is 0. The summed E-state index contributed by atoms with van der Waals surface area (Å²) in [6, 6.07) is 11.7. The number of carbonyl (C=O) groups excluding carboxylic acids is 1. The van der Waals surface area contributed by atoms with Crippen molar-refractivity contribution in [2.75, 3.05) is 24.5 Å². The molecule has 0 radical (unpaired) electrons. The molecule has 0 N–H and O–H groups in total. The lowest BCUT2D eigenvalue weighted by Gasteiger charge is -2.38. The van der Waals surface area contributed by atoms with Gasteiger partial charge in [-0.05, 0) is 82.4 Å². The van der Waals surface area contributed by atoms with Gasteiger partial charge in [0.1, 0.15) is 17.5 Å². The number of aryl methyl sites for hydroxylation is 4. The maximum absolute atomic E-state index is 13.9. The molecule has 39 heavy (non-hydrogen) atoms. The fourth-order valence-electron chi connectivity index (χ4n) is 5.72. The lowest BCUT2D eigenvalue weighted by Crippen LogP contribution is -2.50. The zero-order valence-corrected chi connectivity index (χ0v) is 23.9. The van der Waals surface area contributed by atoms with Gasteiger partial charge in [-0.25, -0.2) is 8.42 Å². The van der Waals surface area contributed by atoms with Crippen LogP contribution in [0.1, 0.15) is 53.5 Å². The lowest BCUT2D eigenvalue weighted by atomic mass is 9.97. The number of hydrogen-bond donors (Lipinski definition) is 0. The summed E-state index contributed by atoms with van der Waals surface area (Å²) in [5, 5.41) is 3.99. The highest BCUT2D eigenvalue weighted by atomic mass is 32.2. The molecule has 0 saturated carbocycles. The third-order valence-corrected chi connectivity index (χ3v) is 9.52. The van der Waals surface area contributed by atoms with E-state index < -0.39 is 15.9 Å². The minimum atomic E-state index is -3.95. The first-order chi connectivity index (χ1) is 18.6. The highest BCUT2D eigenvalue weighted by molar-refractivity contribution is 7.89. The number of anilines is 1. The molecule has 3 aromatic rings. The van der Waals surface area contributed by atoms with Crippen molar-refractivity contribution in [3.8, 4) is 5.75 Å². The van der Waals surface area contributed by atoms with Gasteiger partial charge >= 0.3 is 0 Å². The summed E-state index contributed by atoms with van der Waals surface area (Å²) in [7, 11) is -3.95. The van der Waals surface area contributed by atoms with Crippen LogP contribution in [0.15, 0.2) is 45.8 Å². The summed E-state index contributed by atoms with van der Waals surface area (Å²) in [6.45, 7) is 10.5. The van der Waals surface area contributed by atoms with Crippen molar-refractivity contribution >= 4 is 33.8 Å². The largest absolute Gasteiger partial charge is 0.487 e. The van der Waals surface area contributed by atoms with E-state index >= 15 is 0 Å². The van der Waals surface area contributed by atoms with E-state index in [0.29, 0.717) is 37.4 Å². The molecule has 3 heterocycles. The second-order valence-electron chi connectivity index (χ2n) is 10.7. The van der Waals surface area contributed by atoms with E-state index in [0.717, 1.165) is 22.4 Å². The van der Waals surface area contributed by atoms with Crippen LogP contribution in [0.4, 0.5) is 5.69 Å². The molecular formula is C30H35N3O5S. The van der Waals surface area contributed by atoms with E-state index in [9.17, 15) is 13.2 Å². The van der Waals surface area contributed by atoms with E-state index in [2.05, 4.69) is 17.3 Å². The van der Waals surface area contributed by atoms with Crippen LogP contribution in [0.5, 0.6) is 5.75 Å². The van der Waals surface area contributed by atoms with Gasteiger partial charge in [0.25, 0.3) is 0 Å². The van der Waals surface area contributed by atoms with Crippen molar-refractivity contribution in [2.24, 2.45) is 5.92 Å². The van der Waals surface area contributed by atoms with E-state index in [4.69, 9.17) is 9.26 Å². The minimum Gasteiger partial charge on any atom is -0.487 e. The maximum atomic E-state index is 13.9. The average Bonchev–Trinajstić information content (AvgIpc) is 3.28. The number of aromatic nitrogens is 1. The van der Waals surface area contributed by atoms with E-state index in [1.54, 1.807) is 17.9 Å². The number of amides is 1. The molecule has 9 heteroatoms. The molecule has 0 aliphatic carbocycles. The molecule has 1 fully saturated rings. The van der Waals surface area contributed by atoms with E-state index in [1.165, 1.54) is 9.87 Å². The molecule has 2 aliphatic heterocycles. The van der Waals surface area contributed by atoms with Gasteiger partial charge in [0, 0.05) is 13.1 Å². The number of hydrogen-bond acceptors (Lipinski definition) is 6. The molecule has 0 unspecified atom stereocenters. The number of para-hydroxylation sites is 2. The summed E-state index contributed by atoms with van der Waals surface area (Å²) < 4.78 is 40.6. The van der Waals surface area contributed by atoms with Gasteiger partial charge in [-0.1, -0.05) is 41.1 Å². The fraction of sp³-hybridized carbons (Fsp3) is 0.400. The molecule has 206 valence electrons. The number of sulfonamides is 1. The van der Waals surface area contributed by atoms with Gasteiger partial charge in [0.2, 0.25) is 15.9 Å². The molecule has 0 bridgehead atoms. The number of rotatable bonds is 5. The van der Waals surface area contributed by atoms with Crippen LogP contribution in [0, 0.1) is 33.6 Å². The normalized spacial score (nSPS) is 20.2. The molecule has 2 aliphatic rings. The zero-order valence-electron chi connectivity index (χ0n) is 23.1. The van der Waals surface area contributed by atoms with Crippen LogP contribution in [0.3, 0.4) is 0 Å². The molecule has 2 atom stereocenters. The van der Waals surface area contributed by atoms with Crippen LogP contribution in [0.25, 0.3) is 12.2 Å². The van der Waals surface area contributed by atoms with Gasteiger partial charge in [-0.2, -0.15) is 4.31 Å². The molecule has 1 saturated heterocycles. The highest BCUT2D eigenvalue weighted by Gasteiger charge is 2.39. The molecular weight excluding hydrogens is 514 g/mol. The van der Waals surface area contributed by atoms with Crippen LogP contribution in [0.2, 0.25) is 0 Å². The number of piperidine rings is 1. The van der Waals surface area contributed by atoms with Gasteiger partial charge in [-0.15, -0.1) is 0 Å². The van der Waals surface area contributed by atoms with Gasteiger partial charge in [-0.3, -0.25) is 4.79 Å². The Balaban J connectivity index is 1.40. The Morgan fingerprint density at radius 1 is 1.05 bits per heavy atom. The summed E-state index contributed by atoms with van der Waals surface area (Å²) in [4.78, 5) is 15.5. The predicted octanol–water partition coefficient (Wildman–Crippen LogP) is 5.29. The van der Waals surface area contributed by atoms with Crippen molar-refractivity contribution in [2.45, 2.75) is 58.5 Å². The molecule has 2 aromatic carbocycles. The van der Waals surface area contributed by atoms with Crippen molar-refractivity contribution in [3.63, 3.8) is 0 Å². The molecule has 1 amide bonds. The van der Waals surface area contributed by atoms with Gasteiger partial charge in [0.15, 0.2) is 10.7 Å². The Morgan fingerprint density at radius 2 is 1.77 bits per heavy atom. The highest BCUT2D eigenvalue weighted by Crippen LogP contribution is 2.36. The van der Waals surface area contributed by atoms with E-state index in [1.807, 2.05) is 58.0 Å². The van der Waals surface area contributed by atoms with Crippen LogP contribution < -0.4 is 9.64 Å². The van der Waals surface area contributed by atoms with Crippen molar-refractivity contribution in [1.82, 2.24) is 9.46 Å². The number of nitrogens with zero attached hydrogens (tertiary/aromatic N) is 3. The fourth-order valence-corrected chi connectivity index (χ4v) is 7.50. The van der Waals surface area contributed by atoms with Crippen molar-refractivity contribution < 1.29 is 22.5 Å². The van der Waals surface area contributed by atoms with Crippen LogP contribution >= 0.6 is 0 Å². The number of benzene rings is 2. The second kappa shape index (κ2) is 10.6. The maximum Gasteiger partial charge on any atom is 0.248 e. The Bertz CT molecular complexity index is 1520. The predicted molar refractivity (Wildman–Crippen MR) is 151 cm³/mol. The second-order valence-corrected chi connectivity index (χ2v) is 12.5. The first-order valence-corrected chi connectivity index (χ1v) is 14.8. The Kier molecular flexibility index (Phi) is 7.39. The topological polar surface area (TPSA) is 93.0 Å². The zero-order chi connectivity index (χ0) is 27.9. The Labute approximate surface area is 230 Å². The van der Waals surface area contributed by atoms with Gasteiger partial charge < -0.3 is 14.2 Å². The van der Waals surface area contributed by atoms with Crippen molar-refractivity contribution in [3.05, 3.63) is 70.1 Å².